The number of hydrogen-bond donors (Lipinski definition) is 0. The van der Waals surface area contributed by atoms with Gasteiger partial charge in [0.1, 0.15) is 0 Å². The van der Waals surface area contributed by atoms with E-state index in [2.05, 4.69) is 0 Å². The number of carbonyl (C=O) groups is 2. The predicted molar refractivity (Wildman–Crippen MR) is 95.6 cm³/mol. The van der Waals surface area contributed by atoms with Gasteiger partial charge in [-0.3, -0.25) is 9.59 Å². The summed E-state index contributed by atoms with van der Waals surface area (Å²) in [5.74, 6) is 0.146. The van der Waals surface area contributed by atoms with E-state index in [1.807, 2.05) is 58.8 Å². The predicted octanol–water partition coefficient (Wildman–Crippen LogP) is 2.69. The van der Waals surface area contributed by atoms with Crippen LogP contribution in [0.1, 0.15) is 37.8 Å². The number of hydrogen-bond acceptors (Lipinski definition) is 3. The second-order valence-corrected chi connectivity index (χ2v) is 7.21. The Morgan fingerprint density at radius 3 is 2.25 bits per heavy atom. The van der Waals surface area contributed by atoms with Crippen molar-refractivity contribution in [1.29, 1.82) is 0 Å². The molecule has 3 heterocycles. The van der Waals surface area contributed by atoms with Crippen LogP contribution in [-0.4, -0.2) is 52.4 Å². The fraction of sp³-hybridized carbons (Fsp3) is 0.444. The molecule has 3 rings (SSSR count). The van der Waals surface area contributed by atoms with Gasteiger partial charge < -0.3 is 14.4 Å². The minimum absolute atomic E-state index is 0.0709. The minimum atomic E-state index is 0.0709. The van der Waals surface area contributed by atoms with E-state index in [-0.39, 0.29) is 11.8 Å². The molecule has 0 atom stereocenters. The molecule has 0 aromatic carbocycles. The molecule has 2 aromatic heterocycles. The summed E-state index contributed by atoms with van der Waals surface area (Å²) in [6.07, 6.45) is 0.813. The van der Waals surface area contributed by atoms with Crippen molar-refractivity contribution in [3.63, 3.8) is 0 Å². The lowest BCUT2D eigenvalue weighted by atomic mass is 10.2. The highest BCUT2D eigenvalue weighted by Gasteiger charge is 2.25. The second-order valence-electron chi connectivity index (χ2n) is 6.26. The first-order chi connectivity index (χ1) is 11.5. The number of aromatic nitrogens is 1. The summed E-state index contributed by atoms with van der Waals surface area (Å²) in [6.45, 7) is 6.56. The van der Waals surface area contributed by atoms with Crippen molar-refractivity contribution in [3.8, 4) is 0 Å². The van der Waals surface area contributed by atoms with Gasteiger partial charge in [-0.05, 0) is 37.8 Å². The monoisotopic (exact) mass is 345 g/mol. The van der Waals surface area contributed by atoms with E-state index < -0.39 is 0 Å². The van der Waals surface area contributed by atoms with Gasteiger partial charge >= 0.3 is 0 Å². The second kappa shape index (κ2) is 6.81. The van der Waals surface area contributed by atoms with Crippen LogP contribution in [0.2, 0.25) is 0 Å². The number of carbonyl (C=O) groups excluding carboxylic acids is 2. The third-order valence-electron chi connectivity index (χ3n) is 4.81. The number of rotatable bonds is 2. The molecule has 0 N–H and O–H groups in total. The number of amides is 2. The topological polar surface area (TPSA) is 45.6 Å². The summed E-state index contributed by atoms with van der Waals surface area (Å²) in [7, 11) is 1.98. The lowest BCUT2D eigenvalue weighted by Crippen LogP contribution is -2.37. The van der Waals surface area contributed by atoms with Gasteiger partial charge in [0.2, 0.25) is 0 Å². The third-order valence-corrected chi connectivity index (χ3v) is 5.67. The van der Waals surface area contributed by atoms with Crippen LogP contribution < -0.4 is 0 Å². The lowest BCUT2D eigenvalue weighted by Gasteiger charge is -2.22. The highest BCUT2D eigenvalue weighted by atomic mass is 32.1. The van der Waals surface area contributed by atoms with Crippen LogP contribution in [0.4, 0.5) is 0 Å². The fourth-order valence-corrected chi connectivity index (χ4v) is 3.81. The Hall–Kier alpha value is -2.08. The van der Waals surface area contributed by atoms with Crippen LogP contribution >= 0.6 is 11.3 Å². The Balaban J connectivity index is 1.70. The smallest absolute Gasteiger partial charge is 0.263 e. The number of thiophene rings is 1. The van der Waals surface area contributed by atoms with Crippen molar-refractivity contribution in [3.05, 3.63) is 45.4 Å². The van der Waals surface area contributed by atoms with Crippen molar-refractivity contribution < 1.29 is 9.59 Å². The first kappa shape index (κ1) is 16.8. The first-order valence-electron chi connectivity index (χ1n) is 8.24. The van der Waals surface area contributed by atoms with Crippen molar-refractivity contribution in [2.24, 2.45) is 7.05 Å². The van der Waals surface area contributed by atoms with Crippen LogP contribution in [0.25, 0.3) is 0 Å². The molecule has 0 saturated carbocycles. The average molecular weight is 345 g/mol. The summed E-state index contributed by atoms with van der Waals surface area (Å²) >= 11 is 1.47. The maximum Gasteiger partial charge on any atom is 0.263 e. The number of aryl methyl sites for hydroxylation is 1. The van der Waals surface area contributed by atoms with E-state index in [1.165, 1.54) is 11.3 Å². The maximum absolute atomic E-state index is 12.9. The van der Waals surface area contributed by atoms with E-state index in [4.69, 9.17) is 0 Å². The standard InChI is InChI=1S/C18H23N3O2S/c1-13-12-15(14(2)19(13)3)17(22)20-7-5-8-21(10-9-20)18(23)16-6-4-11-24-16/h4,6,11-12H,5,7-10H2,1-3H3. The van der Waals surface area contributed by atoms with Crippen molar-refractivity contribution in [2.75, 3.05) is 26.2 Å². The molecule has 1 aliphatic rings. The maximum atomic E-state index is 12.9. The Morgan fingerprint density at radius 1 is 1.04 bits per heavy atom. The summed E-state index contributed by atoms with van der Waals surface area (Å²) in [4.78, 5) is 29.9. The van der Waals surface area contributed by atoms with Gasteiger partial charge in [-0.15, -0.1) is 11.3 Å². The molecule has 128 valence electrons. The molecule has 0 aliphatic carbocycles. The summed E-state index contributed by atoms with van der Waals surface area (Å²) in [6, 6.07) is 5.71. The van der Waals surface area contributed by atoms with Crippen molar-refractivity contribution >= 4 is 23.2 Å². The minimum Gasteiger partial charge on any atom is -0.351 e. The van der Waals surface area contributed by atoms with Gasteiger partial charge in [0.25, 0.3) is 11.8 Å². The quantitative estimate of drug-likeness (QED) is 0.840. The SMILES string of the molecule is Cc1cc(C(=O)N2CCCN(C(=O)c3cccs3)CC2)c(C)n1C. The summed E-state index contributed by atoms with van der Waals surface area (Å²) in [5.41, 5.74) is 2.85. The molecule has 1 aliphatic heterocycles. The third kappa shape index (κ3) is 3.11. The summed E-state index contributed by atoms with van der Waals surface area (Å²) < 4.78 is 2.04. The van der Waals surface area contributed by atoms with Crippen molar-refractivity contribution in [1.82, 2.24) is 14.4 Å². The van der Waals surface area contributed by atoms with Crippen molar-refractivity contribution in [2.45, 2.75) is 20.3 Å². The van der Waals surface area contributed by atoms with E-state index in [0.717, 1.165) is 28.2 Å². The highest BCUT2D eigenvalue weighted by Crippen LogP contribution is 2.18. The van der Waals surface area contributed by atoms with E-state index in [0.29, 0.717) is 26.2 Å². The molecule has 6 heteroatoms. The first-order valence-corrected chi connectivity index (χ1v) is 9.12. The van der Waals surface area contributed by atoms with Gasteiger partial charge in [0.05, 0.1) is 10.4 Å². The van der Waals surface area contributed by atoms with Gasteiger partial charge in [-0.25, -0.2) is 0 Å². The Kier molecular flexibility index (Phi) is 4.76. The van der Waals surface area contributed by atoms with Crippen LogP contribution in [0.5, 0.6) is 0 Å². The fourth-order valence-electron chi connectivity index (χ4n) is 3.12. The zero-order chi connectivity index (χ0) is 17.3. The summed E-state index contributed by atoms with van der Waals surface area (Å²) in [5, 5.41) is 1.92. The molecule has 0 bridgehead atoms. The normalized spacial score (nSPS) is 15.5. The molecule has 1 saturated heterocycles. The van der Waals surface area contributed by atoms with Gasteiger partial charge in [-0.2, -0.15) is 0 Å². The van der Waals surface area contributed by atoms with Gasteiger partial charge in [0.15, 0.2) is 0 Å². The molecule has 0 spiro atoms. The van der Waals surface area contributed by atoms with Crippen LogP contribution in [0.3, 0.4) is 0 Å². The molecule has 2 aromatic rings. The van der Waals surface area contributed by atoms with Gasteiger partial charge in [-0.1, -0.05) is 6.07 Å². The average Bonchev–Trinajstić information content (AvgIpc) is 3.11. The largest absolute Gasteiger partial charge is 0.351 e. The molecular formula is C18H23N3O2S. The number of nitrogens with zero attached hydrogens (tertiary/aromatic N) is 3. The zero-order valence-corrected chi connectivity index (χ0v) is 15.2. The molecule has 1 fully saturated rings. The molecule has 24 heavy (non-hydrogen) atoms. The van der Waals surface area contributed by atoms with E-state index >= 15 is 0 Å². The Bertz CT molecular complexity index is 749. The van der Waals surface area contributed by atoms with E-state index in [9.17, 15) is 9.59 Å². The van der Waals surface area contributed by atoms with Crippen LogP contribution in [0, 0.1) is 13.8 Å². The Labute approximate surface area is 146 Å². The highest BCUT2D eigenvalue weighted by molar-refractivity contribution is 7.12. The Morgan fingerprint density at radius 2 is 1.71 bits per heavy atom. The molecule has 0 radical (unpaired) electrons. The molecule has 0 unspecified atom stereocenters. The van der Waals surface area contributed by atoms with E-state index in [1.54, 1.807) is 0 Å². The van der Waals surface area contributed by atoms with Crippen LogP contribution in [0.15, 0.2) is 23.6 Å². The van der Waals surface area contributed by atoms with Gasteiger partial charge in [0, 0.05) is 44.6 Å². The molecule has 5 nitrogen and oxygen atoms in total. The van der Waals surface area contributed by atoms with Crippen LogP contribution in [-0.2, 0) is 7.05 Å². The molecule has 2 amide bonds. The lowest BCUT2D eigenvalue weighted by molar-refractivity contribution is 0.0720. The zero-order valence-electron chi connectivity index (χ0n) is 14.4. The molecular weight excluding hydrogens is 322 g/mol.